The summed E-state index contributed by atoms with van der Waals surface area (Å²) in [6, 6.07) is 8.08. The number of hydrogen-bond acceptors (Lipinski definition) is 3. The average molecular weight is 233 g/mol. The Labute approximate surface area is 99.9 Å². The zero-order valence-electron chi connectivity index (χ0n) is 9.72. The van der Waals surface area contributed by atoms with Crippen LogP contribution in [0.3, 0.4) is 0 Å². The predicted octanol–water partition coefficient (Wildman–Crippen LogP) is 2.35. The first-order chi connectivity index (χ1) is 8.15. The van der Waals surface area contributed by atoms with Crippen LogP contribution in [0.5, 0.6) is 0 Å². The van der Waals surface area contributed by atoms with Gasteiger partial charge in [-0.05, 0) is 18.9 Å². The summed E-state index contributed by atoms with van der Waals surface area (Å²) < 4.78 is 0. The van der Waals surface area contributed by atoms with E-state index < -0.39 is 5.97 Å². The smallest absolute Gasteiger partial charge is 0.303 e. The molecule has 0 saturated carbocycles. The minimum atomic E-state index is -0.794. The number of oxime groups is 1. The highest BCUT2D eigenvalue weighted by atomic mass is 16.6. The Hall–Kier alpha value is -1.84. The zero-order valence-corrected chi connectivity index (χ0v) is 9.72. The second-order valence-electron chi connectivity index (χ2n) is 4.27. The molecule has 0 amide bonds. The minimum absolute atomic E-state index is 0.0950. The maximum absolute atomic E-state index is 10.5. The molecular formula is C13H15NO3. The average Bonchev–Trinajstić information content (AvgIpc) is 2.76. The predicted molar refractivity (Wildman–Crippen MR) is 64.1 cm³/mol. The number of nitrogens with zero attached hydrogens (tertiary/aromatic N) is 1. The lowest BCUT2D eigenvalue weighted by Crippen LogP contribution is -2.10. The van der Waals surface area contributed by atoms with Gasteiger partial charge in [0.2, 0.25) is 0 Å². The summed E-state index contributed by atoms with van der Waals surface area (Å²) in [4.78, 5) is 15.7. The first-order valence-electron chi connectivity index (χ1n) is 5.66. The Bertz CT molecular complexity index is 436. The van der Waals surface area contributed by atoms with Crippen LogP contribution in [-0.2, 0) is 9.63 Å². The third-order valence-electron chi connectivity index (χ3n) is 2.80. The maximum Gasteiger partial charge on any atom is 0.303 e. The Morgan fingerprint density at radius 3 is 2.82 bits per heavy atom. The van der Waals surface area contributed by atoms with Crippen molar-refractivity contribution in [1.82, 2.24) is 0 Å². The maximum atomic E-state index is 10.5. The van der Waals surface area contributed by atoms with Crippen LogP contribution in [0.4, 0.5) is 0 Å². The van der Waals surface area contributed by atoms with E-state index in [1.165, 1.54) is 5.56 Å². The normalized spacial score (nSPS) is 18.6. The van der Waals surface area contributed by atoms with Crippen LogP contribution in [-0.4, -0.2) is 22.9 Å². The van der Waals surface area contributed by atoms with Crippen molar-refractivity contribution in [2.24, 2.45) is 5.16 Å². The number of carbonyl (C=O) groups is 1. The second kappa shape index (κ2) is 4.99. The first kappa shape index (κ1) is 11.6. The van der Waals surface area contributed by atoms with Crippen molar-refractivity contribution in [3.8, 4) is 0 Å². The molecule has 0 saturated heterocycles. The van der Waals surface area contributed by atoms with Crippen LogP contribution in [0.25, 0.3) is 0 Å². The molecular weight excluding hydrogens is 218 g/mol. The molecule has 1 aromatic rings. The van der Waals surface area contributed by atoms with E-state index in [4.69, 9.17) is 9.94 Å². The molecule has 1 heterocycles. The standard InChI is InChI=1S/C13H15NO3/c1-9-2-4-10(5-3-9)12-8-11(17-14-12)6-7-13(15)16/h2-5,11H,6-8H2,1H3,(H,15,16). The number of aryl methyl sites for hydroxylation is 1. The number of rotatable bonds is 4. The van der Waals surface area contributed by atoms with E-state index in [0.29, 0.717) is 12.8 Å². The quantitative estimate of drug-likeness (QED) is 0.868. The number of hydrogen-bond donors (Lipinski definition) is 1. The summed E-state index contributed by atoms with van der Waals surface area (Å²) in [5, 5.41) is 12.6. The van der Waals surface area contributed by atoms with E-state index in [1.807, 2.05) is 31.2 Å². The molecule has 1 atom stereocenters. The van der Waals surface area contributed by atoms with Crippen molar-refractivity contribution in [2.75, 3.05) is 0 Å². The van der Waals surface area contributed by atoms with Crippen molar-refractivity contribution in [3.63, 3.8) is 0 Å². The molecule has 17 heavy (non-hydrogen) atoms. The van der Waals surface area contributed by atoms with E-state index in [9.17, 15) is 4.79 Å². The van der Waals surface area contributed by atoms with E-state index in [2.05, 4.69) is 5.16 Å². The molecule has 4 nitrogen and oxygen atoms in total. The van der Waals surface area contributed by atoms with Gasteiger partial charge in [-0.25, -0.2) is 0 Å². The lowest BCUT2D eigenvalue weighted by molar-refractivity contribution is -0.137. The van der Waals surface area contributed by atoms with E-state index in [1.54, 1.807) is 0 Å². The Kier molecular flexibility index (Phi) is 3.42. The van der Waals surface area contributed by atoms with Gasteiger partial charge in [-0.3, -0.25) is 4.79 Å². The van der Waals surface area contributed by atoms with Crippen LogP contribution >= 0.6 is 0 Å². The van der Waals surface area contributed by atoms with Crippen molar-refractivity contribution < 1.29 is 14.7 Å². The van der Waals surface area contributed by atoms with Gasteiger partial charge >= 0.3 is 5.97 Å². The lowest BCUT2D eigenvalue weighted by atomic mass is 10.0. The van der Waals surface area contributed by atoms with Gasteiger partial charge in [-0.2, -0.15) is 0 Å². The summed E-state index contributed by atoms with van der Waals surface area (Å²) in [5.74, 6) is -0.794. The van der Waals surface area contributed by atoms with Gasteiger partial charge in [0, 0.05) is 12.8 Å². The summed E-state index contributed by atoms with van der Waals surface area (Å²) in [6.45, 7) is 2.03. The number of benzene rings is 1. The molecule has 1 aromatic carbocycles. The fraction of sp³-hybridized carbons (Fsp3) is 0.385. The number of aliphatic carboxylic acids is 1. The number of carboxylic acids is 1. The number of carboxylic acid groups (broad SMARTS) is 1. The van der Waals surface area contributed by atoms with Crippen LogP contribution in [0.1, 0.15) is 30.4 Å². The molecule has 1 aliphatic heterocycles. The first-order valence-corrected chi connectivity index (χ1v) is 5.66. The van der Waals surface area contributed by atoms with Crippen LogP contribution < -0.4 is 0 Å². The van der Waals surface area contributed by atoms with E-state index >= 15 is 0 Å². The van der Waals surface area contributed by atoms with Gasteiger partial charge in [-0.1, -0.05) is 35.0 Å². The molecule has 1 unspecified atom stereocenters. The molecule has 0 bridgehead atoms. The highest BCUT2D eigenvalue weighted by Crippen LogP contribution is 2.20. The molecule has 2 rings (SSSR count). The Morgan fingerprint density at radius 2 is 2.18 bits per heavy atom. The molecule has 0 radical (unpaired) electrons. The molecule has 0 aromatic heterocycles. The summed E-state index contributed by atoms with van der Waals surface area (Å²) >= 11 is 0. The van der Waals surface area contributed by atoms with Gasteiger partial charge in [0.1, 0.15) is 6.10 Å². The Morgan fingerprint density at radius 1 is 1.47 bits per heavy atom. The zero-order chi connectivity index (χ0) is 12.3. The second-order valence-corrected chi connectivity index (χ2v) is 4.27. The topological polar surface area (TPSA) is 58.9 Å². The molecule has 1 aliphatic rings. The summed E-state index contributed by atoms with van der Waals surface area (Å²) in [7, 11) is 0. The van der Waals surface area contributed by atoms with Gasteiger partial charge < -0.3 is 9.94 Å². The molecule has 4 heteroatoms. The van der Waals surface area contributed by atoms with Gasteiger partial charge in [0.15, 0.2) is 0 Å². The summed E-state index contributed by atoms with van der Waals surface area (Å²) in [5.41, 5.74) is 3.16. The minimum Gasteiger partial charge on any atom is -0.481 e. The van der Waals surface area contributed by atoms with Crippen LogP contribution in [0.15, 0.2) is 29.4 Å². The third kappa shape index (κ3) is 3.06. The largest absolute Gasteiger partial charge is 0.481 e. The fourth-order valence-electron chi connectivity index (χ4n) is 1.78. The molecule has 0 fully saturated rings. The van der Waals surface area contributed by atoms with Crippen molar-refractivity contribution >= 4 is 11.7 Å². The van der Waals surface area contributed by atoms with Gasteiger partial charge in [-0.15, -0.1) is 0 Å². The Balaban J connectivity index is 1.93. The van der Waals surface area contributed by atoms with Gasteiger partial charge in [0.25, 0.3) is 0 Å². The van der Waals surface area contributed by atoms with E-state index in [-0.39, 0.29) is 12.5 Å². The molecule has 90 valence electrons. The lowest BCUT2D eigenvalue weighted by Gasteiger charge is -2.05. The molecule has 0 aliphatic carbocycles. The fourth-order valence-corrected chi connectivity index (χ4v) is 1.78. The molecule has 0 spiro atoms. The third-order valence-corrected chi connectivity index (χ3v) is 2.80. The summed E-state index contributed by atoms with van der Waals surface area (Å²) in [6.07, 6.45) is 1.23. The van der Waals surface area contributed by atoms with Crippen molar-refractivity contribution in [3.05, 3.63) is 35.4 Å². The van der Waals surface area contributed by atoms with Crippen molar-refractivity contribution in [2.45, 2.75) is 32.3 Å². The van der Waals surface area contributed by atoms with Crippen LogP contribution in [0.2, 0.25) is 0 Å². The highest BCUT2D eigenvalue weighted by Gasteiger charge is 2.22. The monoisotopic (exact) mass is 233 g/mol. The van der Waals surface area contributed by atoms with Gasteiger partial charge in [0.05, 0.1) is 5.71 Å². The van der Waals surface area contributed by atoms with Crippen LogP contribution in [0, 0.1) is 6.92 Å². The SMILES string of the molecule is Cc1ccc(C2=NOC(CCC(=O)O)C2)cc1. The molecule has 1 N–H and O–H groups in total. The van der Waals surface area contributed by atoms with Crippen molar-refractivity contribution in [1.29, 1.82) is 0 Å². The van der Waals surface area contributed by atoms with E-state index in [0.717, 1.165) is 11.3 Å². The highest BCUT2D eigenvalue weighted by molar-refractivity contribution is 6.01.